The van der Waals surface area contributed by atoms with E-state index in [-0.39, 0.29) is 0 Å². The van der Waals surface area contributed by atoms with Crippen LogP contribution >= 0.6 is 11.6 Å². The highest BCUT2D eigenvalue weighted by Gasteiger charge is 2.15. The second-order valence-electron chi connectivity index (χ2n) is 5.82. The van der Waals surface area contributed by atoms with Gasteiger partial charge in [0.2, 0.25) is 0 Å². The minimum absolute atomic E-state index is 0.479. The summed E-state index contributed by atoms with van der Waals surface area (Å²) in [6.45, 7) is 2.86. The molecule has 1 N–H and O–H groups in total. The minimum atomic E-state index is 0.479. The van der Waals surface area contributed by atoms with Gasteiger partial charge >= 0.3 is 0 Å². The van der Waals surface area contributed by atoms with Crippen molar-refractivity contribution in [3.63, 3.8) is 0 Å². The maximum atomic E-state index is 6.17. The summed E-state index contributed by atoms with van der Waals surface area (Å²) >= 11 is 6.17. The van der Waals surface area contributed by atoms with E-state index in [0.717, 1.165) is 37.6 Å². The van der Waals surface area contributed by atoms with E-state index in [2.05, 4.69) is 28.2 Å². The van der Waals surface area contributed by atoms with Crippen LogP contribution in [0.25, 0.3) is 10.9 Å². The predicted molar refractivity (Wildman–Crippen MR) is 87.9 cm³/mol. The van der Waals surface area contributed by atoms with E-state index in [4.69, 9.17) is 16.3 Å². The number of aromatic nitrogens is 1. The molecule has 0 bridgehead atoms. The quantitative estimate of drug-likeness (QED) is 0.874. The monoisotopic (exact) mass is 306 g/mol. The van der Waals surface area contributed by atoms with Crippen LogP contribution < -0.4 is 5.32 Å². The standard InChI is InChI=1S/C17H23ClN2O/c1-19-11-13-12-20(8-2-4-15-5-3-9-21-15)17-10-14(18)6-7-16(13)17/h6-7,10,12,15,19H,2-5,8-9,11H2,1H3. The topological polar surface area (TPSA) is 26.2 Å². The first-order valence-electron chi connectivity index (χ1n) is 7.81. The van der Waals surface area contributed by atoms with Crippen LogP contribution in [-0.2, 0) is 17.8 Å². The smallest absolute Gasteiger partial charge is 0.0576 e. The molecule has 1 atom stereocenters. The summed E-state index contributed by atoms with van der Waals surface area (Å²) in [4.78, 5) is 0. The Labute approximate surface area is 131 Å². The number of benzene rings is 1. The Balaban J connectivity index is 1.75. The van der Waals surface area contributed by atoms with Crippen molar-refractivity contribution in [2.45, 2.75) is 44.9 Å². The Morgan fingerprint density at radius 2 is 2.33 bits per heavy atom. The lowest BCUT2D eigenvalue weighted by molar-refractivity contribution is 0.101. The molecule has 1 aliphatic heterocycles. The average Bonchev–Trinajstić information content (AvgIpc) is 3.09. The number of rotatable bonds is 6. The molecule has 1 aliphatic rings. The van der Waals surface area contributed by atoms with E-state index in [1.807, 2.05) is 13.1 Å². The molecular formula is C17H23ClN2O. The molecule has 0 radical (unpaired) electrons. The highest BCUT2D eigenvalue weighted by molar-refractivity contribution is 6.31. The number of nitrogens with zero attached hydrogens (tertiary/aromatic N) is 1. The lowest BCUT2D eigenvalue weighted by atomic mass is 10.1. The first kappa shape index (κ1) is 14.9. The number of fused-ring (bicyclic) bond motifs is 1. The summed E-state index contributed by atoms with van der Waals surface area (Å²) in [7, 11) is 1.98. The number of hydrogen-bond donors (Lipinski definition) is 1. The summed E-state index contributed by atoms with van der Waals surface area (Å²) < 4.78 is 8.04. The predicted octanol–water partition coefficient (Wildman–Crippen LogP) is 3.97. The van der Waals surface area contributed by atoms with Gasteiger partial charge in [0, 0.05) is 41.8 Å². The molecule has 0 amide bonds. The van der Waals surface area contributed by atoms with Crippen molar-refractivity contribution in [2.75, 3.05) is 13.7 Å². The molecular weight excluding hydrogens is 284 g/mol. The number of nitrogens with one attached hydrogen (secondary N) is 1. The fourth-order valence-corrected chi connectivity index (χ4v) is 3.39. The van der Waals surface area contributed by atoms with Crippen molar-refractivity contribution >= 4 is 22.5 Å². The first-order valence-corrected chi connectivity index (χ1v) is 8.19. The summed E-state index contributed by atoms with van der Waals surface area (Å²) in [6, 6.07) is 6.17. The van der Waals surface area contributed by atoms with E-state index in [0.29, 0.717) is 6.10 Å². The maximum Gasteiger partial charge on any atom is 0.0576 e. The van der Waals surface area contributed by atoms with Gasteiger partial charge in [-0.3, -0.25) is 0 Å². The molecule has 2 heterocycles. The molecule has 114 valence electrons. The van der Waals surface area contributed by atoms with Crippen LogP contribution in [0.5, 0.6) is 0 Å². The van der Waals surface area contributed by atoms with E-state index in [1.54, 1.807) is 0 Å². The van der Waals surface area contributed by atoms with Gasteiger partial charge in [0.05, 0.1) is 6.10 Å². The third kappa shape index (κ3) is 3.42. The van der Waals surface area contributed by atoms with Crippen LogP contribution in [0.3, 0.4) is 0 Å². The third-order valence-corrected chi connectivity index (χ3v) is 4.48. The van der Waals surface area contributed by atoms with E-state index >= 15 is 0 Å². The molecule has 0 aliphatic carbocycles. The van der Waals surface area contributed by atoms with Crippen molar-refractivity contribution < 1.29 is 4.74 Å². The van der Waals surface area contributed by atoms with Gasteiger partial charge in [0.1, 0.15) is 0 Å². The van der Waals surface area contributed by atoms with Crippen molar-refractivity contribution in [2.24, 2.45) is 0 Å². The summed E-state index contributed by atoms with van der Waals surface area (Å²) in [5.74, 6) is 0. The van der Waals surface area contributed by atoms with Gasteiger partial charge in [-0.25, -0.2) is 0 Å². The summed E-state index contributed by atoms with van der Waals surface area (Å²) in [6.07, 6.45) is 7.49. The molecule has 2 aromatic rings. The zero-order chi connectivity index (χ0) is 14.7. The van der Waals surface area contributed by atoms with Gasteiger partial charge < -0.3 is 14.6 Å². The fraction of sp³-hybridized carbons (Fsp3) is 0.529. The van der Waals surface area contributed by atoms with Crippen molar-refractivity contribution in [1.29, 1.82) is 0 Å². The fourth-order valence-electron chi connectivity index (χ4n) is 3.22. The van der Waals surface area contributed by atoms with Crippen LogP contribution in [0.15, 0.2) is 24.4 Å². The van der Waals surface area contributed by atoms with Gasteiger partial charge in [-0.2, -0.15) is 0 Å². The van der Waals surface area contributed by atoms with Gasteiger partial charge in [-0.15, -0.1) is 0 Å². The molecule has 0 spiro atoms. The van der Waals surface area contributed by atoms with Crippen LogP contribution in [0.2, 0.25) is 5.02 Å². The van der Waals surface area contributed by atoms with Crippen molar-refractivity contribution in [3.05, 3.63) is 35.0 Å². The Hall–Kier alpha value is -1.03. The van der Waals surface area contributed by atoms with Crippen molar-refractivity contribution in [3.8, 4) is 0 Å². The second-order valence-corrected chi connectivity index (χ2v) is 6.25. The molecule has 1 saturated heterocycles. The SMILES string of the molecule is CNCc1cn(CCCC2CCCO2)c2cc(Cl)ccc12. The van der Waals surface area contributed by atoms with Gasteiger partial charge in [0.15, 0.2) is 0 Å². The lowest BCUT2D eigenvalue weighted by Gasteiger charge is -2.10. The Bertz CT molecular complexity index is 602. The molecule has 1 fully saturated rings. The highest BCUT2D eigenvalue weighted by Crippen LogP contribution is 2.26. The zero-order valence-corrected chi connectivity index (χ0v) is 13.3. The number of aryl methyl sites for hydroxylation is 1. The largest absolute Gasteiger partial charge is 0.378 e. The molecule has 1 unspecified atom stereocenters. The van der Waals surface area contributed by atoms with Gasteiger partial charge in [0.25, 0.3) is 0 Å². The molecule has 1 aromatic carbocycles. The van der Waals surface area contributed by atoms with Crippen LogP contribution in [-0.4, -0.2) is 24.3 Å². The normalized spacial score (nSPS) is 18.7. The van der Waals surface area contributed by atoms with Crippen LogP contribution in [0.1, 0.15) is 31.2 Å². The average molecular weight is 307 g/mol. The molecule has 0 saturated carbocycles. The molecule has 1 aromatic heterocycles. The Morgan fingerprint density at radius 3 is 3.10 bits per heavy atom. The van der Waals surface area contributed by atoms with Crippen LogP contribution in [0.4, 0.5) is 0 Å². The molecule has 21 heavy (non-hydrogen) atoms. The van der Waals surface area contributed by atoms with Gasteiger partial charge in [-0.1, -0.05) is 17.7 Å². The summed E-state index contributed by atoms with van der Waals surface area (Å²) in [5.41, 5.74) is 2.57. The second kappa shape index (κ2) is 6.82. The summed E-state index contributed by atoms with van der Waals surface area (Å²) in [5, 5.41) is 5.34. The molecule has 3 nitrogen and oxygen atoms in total. The molecule has 4 heteroatoms. The third-order valence-electron chi connectivity index (χ3n) is 4.24. The Morgan fingerprint density at radius 1 is 1.43 bits per heavy atom. The number of halogens is 1. The number of ether oxygens (including phenoxy) is 1. The lowest BCUT2D eigenvalue weighted by Crippen LogP contribution is -2.07. The maximum absolute atomic E-state index is 6.17. The van der Waals surface area contributed by atoms with Crippen LogP contribution in [0, 0.1) is 0 Å². The minimum Gasteiger partial charge on any atom is -0.378 e. The van der Waals surface area contributed by atoms with E-state index < -0.39 is 0 Å². The van der Waals surface area contributed by atoms with E-state index in [1.165, 1.54) is 29.3 Å². The zero-order valence-electron chi connectivity index (χ0n) is 12.6. The highest BCUT2D eigenvalue weighted by atomic mass is 35.5. The first-order chi connectivity index (χ1) is 10.3. The number of hydrogen-bond acceptors (Lipinski definition) is 2. The Kier molecular flexibility index (Phi) is 4.84. The molecule has 3 rings (SSSR count). The van der Waals surface area contributed by atoms with Crippen molar-refractivity contribution in [1.82, 2.24) is 9.88 Å². The van der Waals surface area contributed by atoms with Gasteiger partial charge in [-0.05, 0) is 50.4 Å². The van der Waals surface area contributed by atoms with E-state index in [9.17, 15) is 0 Å².